The molecule has 1 heterocycles. The van der Waals surface area contributed by atoms with Crippen molar-refractivity contribution in [3.8, 4) is 34.0 Å². The first kappa shape index (κ1) is 24.1. The molecular formula is C25H23ClFN3O3. The Labute approximate surface area is 196 Å². The molecule has 0 bridgehead atoms. The molecule has 0 aliphatic heterocycles. The Kier molecular flexibility index (Phi) is 7.92. The van der Waals surface area contributed by atoms with Gasteiger partial charge in [-0.15, -0.1) is 12.4 Å². The molecule has 8 heteroatoms. The van der Waals surface area contributed by atoms with Gasteiger partial charge in [0.05, 0.1) is 6.42 Å². The molecule has 0 radical (unpaired) electrons. The van der Waals surface area contributed by atoms with Gasteiger partial charge in [-0.05, 0) is 47.4 Å². The van der Waals surface area contributed by atoms with Crippen molar-refractivity contribution in [3.63, 3.8) is 0 Å². The fraction of sp³-hybridized carbons (Fsp3) is 0.160. The molecule has 0 atom stereocenters. The molecule has 0 aliphatic carbocycles. The minimum Gasteiger partial charge on any atom is -0.481 e. The zero-order valence-electron chi connectivity index (χ0n) is 17.9. The van der Waals surface area contributed by atoms with Gasteiger partial charge >= 0.3 is 5.97 Å². The van der Waals surface area contributed by atoms with Crippen LogP contribution in [0.1, 0.15) is 17.5 Å². The van der Waals surface area contributed by atoms with Gasteiger partial charge in [-0.3, -0.25) is 4.79 Å². The number of benzene rings is 3. The molecule has 3 aromatic carbocycles. The standard InChI is InChI=1S/C25H22FN3O3.ClH/c1-16-13-20(19-3-2-4-21(26)14-19)9-10-22(16)25-28-24(29-32-25)18-7-5-17(6-8-18)15-27-12-11-23(30)31;/h2-10,13-14,27H,11-12,15H2,1H3,(H,30,31);1H. The number of aliphatic carboxylic acids is 1. The van der Waals surface area contributed by atoms with Crippen LogP contribution in [0.4, 0.5) is 4.39 Å². The third-order valence-corrected chi connectivity index (χ3v) is 5.10. The van der Waals surface area contributed by atoms with Gasteiger partial charge in [0.2, 0.25) is 5.82 Å². The average Bonchev–Trinajstić information content (AvgIpc) is 3.27. The molecule has 0 unspecified atom stereocenters. The summed E-state index contributed by atoms with van der Waals surface area (Å²) in [5.74, 6) is -0.186. The second-order valence-electron chi connectivity index (χ2n) is 7.48. The minimum absolute atomic E-state index is 0. The van der Waals surface area contributed by atoms with E-state index in [0.29, 0.717) is 24.8 Å². The normalized spacial score (nSPS) is 10.6. The minimum atomic E-state index is -0.820. The lowest BCUT2D eigenvalue weighted by Crippen LogP contribution is -2.17. The van der Waals surface area contributed by atoms with Crippen LogP contribution < -0.4 is 5.32 Å². The summed E-state index contributed by atoms with van der Waals surface area (Å²) in [6.07, 6.45) is 0.0896. The highest BCUT2D eigenvalue weighted by atomic mass is 35.5. The van der Waals surface area contributed by atoms with Crippen LogP contribution in [0.25, 0.3) is 34.0 Å². The summed E-state index contributed by atoms with van der Waals surface area (Å²) in [5.41, 5.74) is 5.35. The lowest BCUT2D eigenvalue weighted by atomic mass is 10.00. The van der Waals surface area contributed by atoms with Gasteiger partial charge in [-0.1, -0.05) is 53.7 Å². The van der Waals surface area contributed by atoms with Crippen LogP contribution in [0.2, 0.25) is 0 Å². The lowest BCUT2D eigenvalue weighted by molar-refractivity contribution is -0.136. The molecule has 0 saturated heterocycles. The number of aryl methyl sites for hydroxylation is 1. The number of carboxylic acid groups (broad SMARTS) is 1. The van der Waals surface area contributed by atoms with Crippen LogP contribution in [0.5, 0.6) is 0 Å². The van der Waals surface area contributed by atoms with E-state index in [-0.39, 0.29) is 24.6 Å². The maximum absolute atomic E-state index is 13.5. The maximum Gasteiger partial charge on any atom is 0.304 e. The maximum atomic E-state index is 13.5. The van der Waals surface area contributed by atoms with E-state index in [1.807, 2.05) is 55.5 Å². The quantitative estimate of drug-likeness (QED) is 0.332. The number of carbonyl (C=O) groups is 1. The van der Waals surface area contributed by atoms with E-state index in [1.165, 1.54) is 12.1 Å². The third kappa shape index (κ3) is 6.03. The molecule has 1 aromatic heterocycles. The third-order valence-electron chi connectivity index (χ3n) is 5.10. The van der Waals surface area contributed by atoms with Gasteiger partial charge in [0.15, 0.2) is 0 Å². The number of nitrogens with zero attached hydrogens (tertiary/aromatic N) is 2. The van der Waals surface area contributed by atoms with E-state index in [4.69, 9.17) is 9.63 Å². The van der Waals surface area contributed by atoms with Crippen molar-refractivity contribution in [2.24, 2.45) is 0 Å². The van der Waals surface area contributed by atoms with Crippen LogP contribution in [0, 0.1) is 12.7 Å². The Hall–Kier alpha value is -3.55. The molecule has 4 rings (SSSR count). The Morgan fingerprint density at radius 2 is 1.76 bits per heavy atom. The average molecular weight is 468 g/mol. The first-order valence-corrected chi connectivity index (χ1v) is 10.2. The molecular weight excluding hydrogens is 445 g/mol. The van der Waals surface area contributed by atoms with Crippen molar-refractivity contribution in [1.82, 2.24) is 15.5 Å². The van der Waals surface area contributed by atoms with Crippen molar-refractivity contribution < 1.29 is 18.8 Å². The first-order chi connectivity index (χ1) is 15.5. The topological polar surface area (TPSA) is 88.2 Å². The van der Waals surface area contributed by atoms with E-state index >= 15 is 0 Å². The molecule has 2 N–H and O–H groups in total. The van der Waals surface area contributed by atoms with Gasteiger partial charge in [0, 0.05) is 24.2 Å². The number of aromatic nitrogens is 2. The molecule has 4 aromatic rings. The first-order valence-electron chi connectivity index (χ1n) is 10.2. The molecule has 0 amide bonds. The second kappa shape index (κ2) is 10.8. The predicted molar refractivity (Wildman–Crippen MR) is 127 cm³/mol. The van der Waals surface area contributed by atoms with E-state index in [2.05, 4.69) is 15.5 Å². The molecule has 0 saturated carbocycles. The van der Waals surface area contributed by atoms with Crippen molar-refractivity contribution in [3.05, 3.63) is 83.7 Å². The Balaban J connectivity index is 0.00000306. The zero-order valence-corrected chi connectivity index (χ0v) is 18.7. The molecule has 0 aliphatic rings. The van der Waals surface area contributed by atoms with Gasteiger partial charge < -0.3 is 14.9 Å². The van der Waals surface area contributed by atoms with Crippen molar-refractivity contribution >= 4 is 18.4 Å². The summed E-state index contributed by atoms with van der Waals surface area (Å²) in [6, 6.07) is 20.0. The number of nitrogens with one attached hydrogen (secondary N) is 1. The van der Waals surface area contributed by atoms with Crippen LogP contribution >= 0.6 is 12.4 Å². The Morgan fingerprint density at radius 1 is 1.03 bits per heavy atom. The SMILES string of the molecule is Cc1cc(-c2cccc(F)c2)ccc1-c1nc(-c2ccc(CNCCC(=O)O)cc2)no1.Cl. The smallest absolute Gasteiger partial charge is 0.304 e. The molecule has 6 nitrogen and oxygen atoms in total. The highest BCUT2D eigenvalue weighted by Crippen LogP contribution is 2.29. The van der Waals surface area contributed by atoms with Gasteiger partial charge in [0.25, 0.3) is 5.89 Å². The molecule has 170 valence electrons. The summed E-state index contributed by atoms with van der Waals surface area (Å²) in [6.45, 7) is 2.96. The number of hydrogen-bond donors (Lipinski definition) is 2. The monoisotopic (exact) mass is 467 g/mol. The van der Waals surface area contributed by atoms with Crippen LogP contribution in [0.15, 0.2) is 71.3 Å². The summed E-state index contributed by atoms with van der Waals surface area (Å²) in [4.78, 5) is 15.1. The van der Waals surface area contributed by atoms with Crippen molar-refractivity contribution in [2.75, 3.05) is 6.54 Å². The number of halogens is 2. The van der Waals surface area contributed by atoms with Crippen molar-refractivity contribution in [1.29, 1.82) is 0 Å². The summed E-state index contributed by atoms with van der Waals surface area (Å²) < 4.78 is 19.0. The Morgan fingerprint density at radius 3 is 2.45 bits per heavy atom. The zero-order chi connectivity index (χ0) is 22.5. The fourth-order valence-electron chi connectivity index (χ4n) is 3.40. The number of hydrogen-bond acceptors (Lipinski definition) is 5. The van der Waals surface area contributed by atoms with Gasteiger partial charge in [-0.25, -0.2) is 4.39 Å². The molecule has 0 fully saturated rings. The summed E-state index contributed by atoms with van der Waals surface area (Å²) in [5, 5.41) is 15.9. The van der Waals surface area contributed by atoms with Gasteiger partial charge in [0.1, 0.15) is 5.82 Å². The number of rotatable bonds is 8. The van der Waals surface area contributed by atoms with Crippen molar-refractivity contribution in [2.45, 2.75) is 19.9 Å². The molecule has 0 spiro atoms. The second-order valence-corrected chi connectivity index (χ2v) is 7.48. The molecule has 33 heavy (non-hydrogen) atoms. The Bertz CT molecular complexity index is 1240. The van der Waals surface area contributed by atoms with Gasteiger partial charge in [-0.2, -0.15) is 4.98 Å². The van der Waals surface area contributed by atoms with E-state index in [0.717, 1.165) is 33.4 Å². The highest BCUT2D eigenvalue weighted by Gasteiger charge is 2.13. The lowest BCUT2D eigenvalue weighted by Gasteiger charge is -2.06. The summed E-state index contributed by atoms with van der Waals surface area (Å²) in [7, 11) is 0. The van der Waals surface area contributed by atoms with E-state index < -0.39 is 5.97 Å². The predicted octanol–water partition coefficient (Wildman–Crippen LogP) is 5.50. The van der Waals surface area contributed by atoms with Crippen LogP contribution in [-0.4, -0.2) is 27.8 Å². The number of carboxylic acids is 1. The largest absolute Gasteiger partial charge is 0.481 e. The fourth-order valence-corrected chi connectivity index (χ4v) is 3.40. The summed E-state index contributed by atoms with van der Waals surface area (Å²) >= 11 is 0. The van der Waals surface area contributed by atoms with E-state index in [9.17, 15) is 9.18 Å². The highest BCUT2D eigenvalue weighted by molar-refractivity contribution is 5.85. The van der Waals surface area contributed by atoms with Crippen LogP contribution in [-0.2, 0) is 11.3 Å². The van der Waals surface area contributed by atoms with E-state index in [1.54, 1.807) is 6.07 Å². The van der Waals surface area contributed by atoms with Crippen LogP contribution in [0.3, 0.4) is 0 Å².